The fraction of sp³-hybridized carbons (Fsp3) is 0.462. The average molecular weight is 702 g/mol. The van der Waals surface area contributed by atoms with Gasteiger partial charge in [0.2, 0.25) is 6.23 Å². The third-order valence-electron chi connectivity index (χ3n) is 11.4. The monoisotopic (exact) mass is 701 g/mol. The first-order chi connectivity index (χ1) is 24.0. The number of nitrogens with zero attached hydrogens (tertiary/aromatic N) is 1. The Morgan fingerprint density at radius 2 is 1.70 bits per heavy atom. The van der Waals surface area contributed by atoms with Crippen LogP contribution in [-0.4, -0.2) is 47.1 Å². The molecule has 9 rings (SSSR count). The molecule has 2 aliphatic carbocycles. The van der Waals surface area contributed by atoms with Gasteiger partial charge in [0.15, 0.2) is 5.96 Å². The van der Waals surface area contributed by atoms with E-state index in [4.69, 9.17) is 20.9 Å². The minimum Gasteiger partial charge on any atom is -0.508 e. The number of hydrogen-bond acceptors (Lipinski definition) is 7. The number of aliphatic hydroxyl groups excluding tert-OH is 1. The largest absolute Gasteiger partial charge is 0.508 e. The molecule has 1 saturated heterocycles. The third-order valence-corrected chi connectivity index (χ3v) is 12.7. The van der Waals surface area contributed by atoms with Crippen LogP contribution in [0.3, 0.4) is 0 Å². The summed E-state index contributed by atoms with van der Waals surface area (Å²) in [5, 5.41) is 18.7. The summed E-state index contributed by atoms with van der Waals surface area (Å²) in [6, 6.07) is 20.7. The number of allylic oxidation sites excluding steroid dienone is 1. The van der Waals surface area contributed by atoms with E-state index < -0.39 is 33.6 Å². The van der Waals surface area contributed by atoms with Crippen molar-refractivity contribution in [3.8, 4) is 11.5 Å². The van der Waals surface area contributed by atoms with Crippen LogP contribution in [0.1, 0.15) is 97.4 Å². The minimum atomic E-state index is -4.54. The molecule has 0 spiro atoms. The zero-order chi connectivity index (χ0) is 35.2. The van der Waals surface area contributed by atoms with E-state index >= 15 is 0 Å². The summed E-state index contributed by atoms with van der Waals surface area (Å²) in [6.07, 6.45) is 5.12. The molecule has 0 aromatic heterocycles. The fourth-order valence-corrected chi connectivity index (χ4v) is 10.2. The second kappa shape index (κ2) is 14.0. The molecule has 50 heavy (non-hydrogen) atoms. The Bertz CT molecular complexity index is 1860. The number of aryl methyl sites for hydroxylation is 1. The van der Waals surface area contributed by atoms with Crippen molar-refractivity contribution in [2.24, 2.45) is 34.2 Å². The van der Waals surface area contributed by atoms with Gasteiger partial charge in [0, 0.05) is 18.1 Å². The zero-order valence-corrected chi connectivity index (χ0v) is 29.1. The first kappa shape index (κ1) is 34.5. The first-order valence-electron chi connectivity index (χ1n) is 17.7. The Morgan fingerprint density at radius 3 is 2.40 bits per heavy atom. The number of aliphatic imine (C=N–C) groups is 1. The van der Waals surface area contributed by atoms with Crippen LogP contribution in [0, 0.1) is 17.8 Å². The van der Waals surface area contributed by atoms with E-state index in [0.717, 1.165) is 46.2 Å². The average Bonchev–Trinajstić information content (AvgIpc) is 3.22. The van der Waals surface area contributed by atoms with Crippen LogP contribution in [0.4, 0.5) is 0 Å². The number of phenolic OH excluding ortho intramolecular Hbond substituents is 1. The summed E-state index contributed by atoms with van der Waals surface area (Å²) in [5.41, 5.74) is 17.4. The van der Waals surface area contributed by atoms with E-state index in [0.29, 0.717) is 31.4 Å². The molecule has 4 aliphatic heterocycles. The van der Waals surface area contributed by atoms with E-state index in [1.807, 2.05) is 54.6 Å². The van der Waals surface area contributed by atoms with E-state index in [1.165, 1.54) is 0 Å². The molecule has 0 radical (unpaired) electrons. The predicted molar refractivity (Wildman–Crippen MR) is 191 cm³/mol. The van der Waals surface area contributed by atoms with Crippen molar-refractivity contribution in [2.75, 3.05) is 6.61 Å². The highest BCUT2D eigenvalue weighted by Crippen LogP contribution is 2.54. The lowest BCUT2D eigenvalue weighted by Crippen LogP contribution is -2.40. The zero-order valence-electron chi connectivity index (χ0n) is 28.3. The van der Waals surface area contributed by atoms with Crippen LogP contribution < -0.4 is 16.2 Å². The molecule has 4 heterocycles. The molecule has 3 aromatic carbocycles. The van der Waals surface area contributed by atoms with Crippen molar-refractivity contribution in [3.05, 3.63) is 106 Å². The van der Waals surface area contributed by atoms with Crippen LogP contribution in [-0.2, 0) is 21.3 Å². The van der Waals surface area contributed by atoms with Gasteiger partial charge < -0.3 is 31.2 Å². The fourth-order valence-electron chi connectivity index (χ4n) is 9.07. The van der Waals surface area contributed by atoms with E-state index in [9.17, 15) is 23.2 Å². The van der Waals surface area contributed by atoms with Crippen LogP contribution >= 0.6 is 0 Å². The van der Waals surface area contributed by atoms with Gasteiger partial charge in [0.25, 0.3) is 10.1 Å². The van der Waals surface area contributed by atoms with Crippen molar-refractivity contribution in [2.45, 2.75) is 87.4 Å². The Balaban J connectivity index is 1.43. The third kappa shape index (κ3) is 7.01. The number of nitrogens with two attached hydrogens (primary N) is 2. The normalized spacial score (nSPS) is 30.5. The molecule has 6 aliphatic rings. The van der Waals surface area contributed by atoms with Gasteiger partial charge in [-0.25, -0.2) is 4.99 Å². The standard InChI is InChI=1S/C39H47N3O7S/c1-22-4-5-26-18-31-14-15-32(26)33(22)21-35(50(45,46)47)34-20-28-17-27(36(34)23-6-8-25(9-7-23)38(49-31)42-39(40)41)19-30(3-2-16-43)48-37(28)24-10-12-29(44)13-11-24/h6-15,18,20,22,27,30,33-38,43-44H,2-5,16-17,19,21H2,1H3,(H4,40,41,42)(H,45,46,47). The second-order valence-corrected chi connectivity index (χ2v) is 16.2. The number of guanidine groups is 1. The lowest BCUT2D eigenvalue weighted by molar-refractivity contribution is -0.00268. The highest BCUT2D eigenvalue weighted by molar-refractivity contribution is 7.86. The molecular formula is C39H47N3O7S. The molecule has 10 nitrogen and oxygen atoms in total. The van der Waals surface area contributed by atoms with Crippen molar-refractivity contribution in [1.82, 2.24) is 0 Å². The molecule has 9 atom stereocenters. The molecule has 266 valence electrons. The van der Waals surface area contributed by atoms with Crippen molar-refractivity contribution >= 4 is 16.1 Å². The predicted octanol–water partition coefficient (Wildman–Crippen LogP) is 6.02. The SMILES string of the molecule is CC1CCc2cc3ccc2C1CC(S(=O)(=O)O)C1C=C2CC(CC(CCCO)OC2c2ccc(O)cc2)C1c1ccc(cc1)C(N=C(N)N)O3. The van der Waals surface area contributed by atoms with E-state index in [2.05, 4.69) is 18.0 Å². The summed E-state index contributed by atoms with van der Waals surface area (Å²) in [7, 11) is -4.54. The molecule has 0 amide bonds. The van der Waals surface area contributed by atoms with Gasteiger partial charge in [-0.05, 0) is 121 Å². The molecule has 1 fully saturated rings. The molecule has 0 saturated carbocycles. The Morgan fingerprint density at radius 1 is 0.980 bits per heavy atom. The summed E-state index contributed by atoms with van der Waals surface area (Å²) >= 11 is 0. The Hall–Kier alpha value is -3.90. The number of phenols is 1. The smallest absolute Gasteiger partial charge is 0.268 e. The number of rotatable bonds is 6. The van der Waals surface area contributed by atoms with Gasteiger partial charge in [-0.3, -0.25) is 4.55 Å². The topological polar surface area (TPSA) is 178 Å². The van der Waals surface area contributed by atoms with E-state index in [1.54, 1.807) is 12.1 Å². The van der Waals surface area contributed by atoms with E-state index in [-0.39, 0.29) is 54.5 Å². The van der Waals surface area contributed by atoms with Crippen LogP contribution in [0.25, 0.3) is 0 Å². The molecular weight excluding hydrogens is 655 g/mol. The summed E-state index contributed by atoms with van der Waals surface area (Å²) < 4.78 is 51.9. The van der Waals surface area contributed by atoms with Crippen LogP contribution in [0.2, 0.25) is 0 Å². The maximum absolute atomic E-state index is 13.7. The number of fused-ring (bicyclic) bond motifs is 4. The Kier molecular flexibility index (Phi) is 9.69. The quantitative estimate of drug-likeness (QED) is 0.0890. The lowest BCUT2D eigenvalue weighted by atomic mass is 9.64. The minimum absolute atomic E-state index is 0.0143. The molecule has 3 aromatic rings. The van der Waals surface area contributed by atoms with Gasteiger partial charge in [-0.15, -0.1) is 0 Å². The maximum Gasteiger partial charge on any atom is 0.268 e. The summed E-state index contributed by atoms with van der Waals surface area (Å²) in [5.74, 6) is -0.0785. The van der Waals surface area contributed by atoms with Gasteiger partial charge >= 0.3 is 0 Å². The first-order valence-corrected chi connectivity index (χ1v) is 19.2. The molecule has 11 heteroatoms. The van der Waals surface area contributed by atoms with Crippen molar-refractivity contribution < 1.29 is 32.7 Å². The second-order valence-electron chi connectivity index (χ2n) is 14.6. The lowest BCUT2D eigenvalue weighted by Gasteiger charge is -2.42. The van der Waals surface area contributed by atoms with Crippen molar-refractivity contribution in [1.29, 1.82) is 0 Å². The Labute approximate surface area is 294 Å². The van der Waals surface area contributed by atoms with Gasteiger partial charge in [0.1, 0.15) is 17.6 Å². The van der Waals surface area contributed by atoms with Crippen LogP contribution in [0.5, 0.6) is 11.5 Å². The highest BCUT2D eigenvalue weighted by atomic mass is 32.2. The van der Waals surface area contributed by atoms with Gasteiger partial charge in [-0.1, -0.05) is 55.5 Å². The number of aliphatic hydroxyl groups is 1. The summed E-state index contributed by atoms with van der Waals surface area (Å²) in [4.78, 5) is 4.41. The molecule has 8 bridgehead atoms. The number of aromatic hydroxyl groups is 1. The molecule has 7 N–H and O–H groups in total. The number of hydrogen-bond donors (Lipinski definition) is 5. The maximum atomic E-state index is 13.7. The van der Waals surface area contributed by atoms with Crippen molar-refractivity contribution in [3.63, 3.8) is 0 Å². The van der Waals surface area contributed by atoms with Crippen LogP contribution in [0.15, 0.2) is 83.4 Å². The number of ether oxygens (including phenoxy) is 2. The van der Waals surface area contributed by atoms with Gasteiger partial charge in [-0.2, -0.15) is 8.42 Å². The molecule has 9 unspecified atom stereocenters. The highest BCUT2D eigenvalue weighted by Gasteiger charge is 2.48. The summed E-state index contributed by atoms with van der Waals surface area (Å²) in [6.45, 7) is 2.20. The number of benzene rings is 3. The van der Waals surface area contributed by atoms with Gasteiger partial charge in [0.05, 0.1) is 11.4 Å².